The normalized spacial score (nSPS) is 17.0. The first-order valence-electron chi connectivity index (χ1n) is 9.56. The lowest BCUT2D eigenvalue weighted by Crippen LogP contribution is -2.36. The molecule has 0 unspecified atom stereocenters. The van der Waals surface area contributed by atoms with Crippen LogP contribution in [0.3, 0.4) is 0 Å². The topological polar surface area (TPSA) is 78.4 Å². The molecule has 0 bridgehead atoms. The van der Waals surface area contributed by atoms with Gasteiger partial charge in [-0.2, -0.15) is 5.10 Å². The molecule has 2 N–H and O–H groups in total. The highest BCUT2D eigenvalue weighted by molar-refractivity contribution is 5.37. The summed E-state index contributed by atoms with van der Waals surface area (Å²) in [6.45, 7) is 5.91. The fourth-order valence-corrected chi connectivity index (χ4v) is 4.17. The number of H-pyrrole nitrogens is 2. The highest BCUT2D eigenvalue weighted by Crippen LogP contribution is 2.33. The molecule has 0 saturated carbocycles. The first-order chi connectivity index (χ1) is 13.7. The zero-order valence-corrected chi connectivity index (χ0v) is 16.1. The van der Waals surface area contributed by atoms with E-state index in [1.807, 2.05) is 17.8 Å². The third kappa shape index (κ3) is 2.93. The molecular weight excluding hydrogens is 350 g/mol. The summed E-state index contributed by atoms with van der Waals surface area (Å²) >= 11 is 0. The minimum absolute atomic E-state index is 0.0786. The van der Waals surface area contributed by atoms with Gasteiger partial charge in [0.2, 0.25) is 0 Å². The van der Waals surface area contributed by atoms with Gasteiger partial charge in [0.1, 0.15) is 0 Å². The highest BCUT2D eigenvalue weighted by Gasteiger charge is 2.31. The second-order valence-corrected chi connectivity index (χ2v) is 7.41. The molecule has 28 heavy (non-hydrogen) atoms. The van der Waals surface area contributed by atoms with Gasteiger partial charge in [-0.3, -0.25) is 4.90 Å². The highest BCUT2D eigenvalue weighted by atomic mass is 15.3. The van der Waals surface area contributed by atoms with Crippen LogP contribution in [0.15, 0.2) is 49.2 Å². The maximum Gasteiger partial charge on any atom is 0.0965 e. The molecule has 1 aliphatic rings. The van der Waals surface area contributed by atoms with Crippen LogP contribution in [0.5, 0.6) is 0 Å². The molecule has 1 aromatic carbocycles. The number of nitrogens with one attached hydrogen (secondary N) is 2. The number of aromatic nitrogens is 6. The van der Waals surface area contributed by atoms with Gasteiger partial charge in [0.15, 0.2) is 0 Å². The molecule has 3 aromatic heterocycles. The van der Waals surface area contributed by atoms with E-state index in [4.69, 9.17) is 0 Å². The molecule has 4 aromatic rings. The Hall–Kier alpha value is -3.19. The minimum atomic E-state index is 0.0786. The third-order valence-electron chi connectivity index (χ3n) is 5.39. The zero-order valence-electron chi connectivity index (χ0n) is 16.1. The quantitative estimate of drug-likeness (QED) is 0.576. The van der Waals surface area contributed by atoms with Crippen molar-refractivity contribution in [2.75, 3.05) is 6.54 Å². The van der Waals surface area contributed by atoms with Gasteiger partial charge in [-0.25, -0.2) is 14.6 Å². The van der Waals surface area contributed by atoms with E-state index in [1.54, 1.807) is 12.7 Å². The summed E-state index contributed by atoms with van der Waals surface area (Å²) in [5, 5.41) is 4.62. The molecule has 0 aliphatic carbocycles. The molecule has 0 saturated heterocycles. The van der Waals surface area contributed by atoms with Crippen molar-refractivity contribution in [1.82, 2.24) is 34.6 Å². The fraction of sp³-hybridized carbons (Fsp3) is 0.286. The predicted octanol–water partition coefficient (Wildman–Crippen LogP) is 3.08. The number of imidazole rings is 2. The number of rotatable bonds is 4. The number of hydrogen-bond donors (Lipinski definition) is 2. The van der Waals surface area contributed by atoms with Crippen LogP contribution in [0, 0.1) is 13.8 Å². The smallest absolute Gasteiger partial charge is 0.0965 e. The Balaban J connectivity index is 1.47. The predicted molar refractivity (Wildman–Crippen MR) is 106 cm³/mol. The summed E-state index contributed by atoms with van der Waals surface area (Å²) in [6, 6.07) is 10.8. The maximum absolute atomic E-state index is 4.62. The molecule has 142 valence electrons. The lowest BCUT2D eigenvalue weighted by atomic mass is 9.99. The fourth-order valence-electron chi connectivity index (χ4n) is 4.17. The van der Waals surface area contributed by atoms with Crippen molar-refractivity contribution in [3.8, 4) is 5.69 Å². The number of fused-ring (bicyclic) bond motifs is 1. The Morgan fingerprint density at radius 3 is 2.86 bits per heavy atom. The van der Waals surface area contributed by atoms with Gasteiger partial charge in [0.25, 0.3) is 0 Å². The molecular formula is C21H23N7. The van der Waals surface area contributed by atoms with Gasteiger partial charge < -0.3 is 9.97 Å². The maximum atomic E-state index is 4.62. The summed E-state index contributed by atoms with van der Waals surface area (Å²) in [5.41, 5.74) is 7.90. The average molecular weight is 373 g/mol. The van der Waals surface area contributed by atoms with Crippen molar-refractivity contribution < 1.29 is 0 Å². The summed E-state index contributed by atoms with van der Waals surface area (Å²) in [6.07, 6.45) is 6.39. The number of hydrogen-bond acceptors (Lipinski definition) is 4. The Morgan fingerprint density at radius 1 is 1.14 bits per heavy atom. The number of nitrogens with zero attached hydrogens (tertiary/aromatic N) is 5. The second-order valence-electron chi connectivity index (χ2n) is 7.41. The van der Waals surface area contributed by atoms with Crippen molar-refractivity contribution in [3.63, 3.8) is 0 Å². The van der Waals surface area contributed by atoms with Gasteiger partial charge in [-0.05, 0) is 37.6 Å². The largest absolute Gasteiger partial charge is 0.348 e. The van der Waals surface area contributed by atoms with Gasteiger partial charge in [-0.15, -0.1) is 0 Å². The number of benzene rings is 1. The van der Waals surface area contributed by atoms with Gasteiger partial charge >= 0.3 is 0 Å². The van der Waals surface area contributed by atoms with E-state index in [1.165, 1.54) is 11.3 Å². The van der Waals surface area contributed by atoms with Crippen molar-refractivity contribution in [2.45, 2.75) is 32.9 Å². The van der Waals surface area contributed by atoms with Crippen molar-refractivity contribution >= 4 is 0 Å². The van der Waals surface area contributed by atoms with E-state index in [0.717, 1.165) is 48.0 Å². The average Bonchev–Trinajstić information content (AvgIpc) is 3.43. The molecule has 0 fully saturated rings. The molecule has 0 spiro atoms. The van der Waals surface area contributed by atoms with E-state index in [9.17, 15) is 0 Å². The van der Waals surface area contributed by atoms with Crippen LogP contribution in [-0.4, -0.2) is 41.2 Å². The molecule has 4 heterocycles. The Kier molecular flexibility index (Phi) is 4.09. The van der Waals surface area contributed by atoms with Crippen LogP contribution >= 0.6 is 0 Å². The van der Waals surface area contributed by atoms with Crippen molar-refractivity contribution in [2.24, 2.45) is 0 Å². The molecule has 0 amide bonds. The van der Waals surface area contributed by atoms with Crippen LogP contribution in [-0.2, 0) is 13.0 Å². The Morgan fingerprint density at radius 2 is 2.07 bits per heavy atom. The Labute approximate surface area is 163 Å². The van der Waals surface area contributed by atoms with E-state index < -0.39 is 0 Å². The van der Waals surface area contributed by atoms with Crippen LogP contribution in [0.4, 0.5) is 0 Å². The monoisotopic (exact) mass is 373 g/mol. The zero-order chi connectivity index (χ0) is 19.1. The lowest BCUT2D eigenvalue weighted by molar-refractivity contribution is 0.197. The summed E-state index contributed by atoms with van der Waals surface area (Å²) in [5.74, 6) is 0. The number of aryl methyl sites for hydroxylation is 2. The van der Waals surface area contributed by atoms with E-state index >= 15 is 0 Å². The van der Waals surface area contributed by atoms with Crippen LogP contribution in [0.2, 0.25) is 0 Å². The molecule has 7 nitrogen and oxygen atoms in total. The third-order valence-corrected chi connectivity index (χ3v) is 5.39. The summed E-state index contributed by atoms with van der Waals surface area (Å²) < 4.78 is 2.01. The van der Waals surface area contributed by atoms with E-state index in [-0.39, 0.29) is 6.04 Å². The molecule has 5 rings (SSSR count). The van der Waals surface area contributed by atoms with Gasteiger partial charge in [-0.1, -0.05) is 12.1 Å². The van der Waals surface area contributed by atoms with Crippen molar-refractivity contribution in [3.05, 3.63) is 83.2 Å². The van der Waals surface area contributed by atoms with Crippen LogP contribution in [0.25, 0.3) is 5.69 Å². The van der Waals surface area contributed by atoms with Crippen LogP contribution in [0.1, 0.15) is 40.1 Å². The lowest BCUT2D eigenvalue weighted by Gasteiger charge is -2.34. The Bertz CT molecular complexity index is 1090. The first kappa shape index (κ1) is 16.9. The SMILES string of the molecule is Cc1cc(C)n(-c2cccc(CN3CCc4[nH]cnc4[C@H]3c3cnc[nH]3)c2)n1. The standard InChI is InChI=1S/C21H23N7/c1-14-8-15(2)28(26-14)17-5-3-4-16(9-17)11-27-7-6-18-20(25-13-24-18)21(27)19-10-22-12-23-19/h3-5,8-10,12-13,21H,6-7,11H2,1-2H3,(H,22,23)(H,24,25)/t21-/m1/s1. The molecule has 1 aliphatic heterocycles. The molecule has 7 heteroatoms. The minimum Gasteiger partial charge on any atom is -0.348 e. The molecule has 1 atom stereocenters. The molecule has 0 radical (unpaired) electrons. The first-order valence-corrected chi connectivity index (χ1v) is 9.56. The van der Waals surface area contributed by atoms with Gasteiger partial charge in [0, 0.05) is 37.1 Å². The van der Waals surface area contributed by atoms with Crippen molar-refractivity contribution in [1.29, 1.82) is 0 Å². The van der Waals surface area contributed by atoms with E-state index in [2.05, 4.69) is 67.2 Å². The van der Waals surface area contributed by atoms with Gasteiger partial charge in [0.05, 0.1) is 41.5 Å². The summed E-state index contributed by atoms with van der Waals surface area (Å²) in [7, 11) is 0. The number of aromatic amines is 2. The van der Waals surface area contributed by atoms with E-state index in [0.29, 0.717) is 0 Å². The second kappa shape index (κ2) is 6.76. The summed E-state index contributed by atoms with van der Waals surface area (Å²) in [4.78, 5) is 17.9. The van der Waals surface area contributed by atoms with Crippen LogP contribution < -0.4 is 0 Å².